The summed E-state index contributed by atoms with van der Waals surface area (Å²) in [6.07, 6.45) is -8.15. The van der Waals surface area contributed by atoms with Crippen molar-refractivity contribution in [2.75, 3.05) is 7.05 Å². The maximum absolute atomic E-state index is 13.5. The maximum Gasteiger partial charge on any atom is 0.416 e. The molecule has 0 saturated carbocycles. The summed E-state index contributed by atoms with van der Waals surface area (Å²) in [6, 6.07) is 1.74. The molecule has 1 aromatic carbocycles. The summed E-state index contributed by atoms with van der Waals surface area (Å²) in [5, 5.41) is 3.72. The summed E-state index contributed by atoms with van der Waals surface area (Å²) >= 11 is 0.621. The van der Waals surface area contributed by atoms with Gasteiger partial charge in [-0.3, -0.25) is 4.79 Å². The van der Waals surface area contributed by atoms with Gasteiger partial charge >= 0.3 is 12.4 Å². The van der Waals surface area contributed by atoms with Gasteiger partial charge < -0.3 is 0 Å². The molecule has 0 amide bonds. The van der Waals surface area contributed by atoms with Crippen LogP contribution in [-0.4, -0.2) is 27.3 Å². The van der Waals surface area contributed by atoms with Crippen LogP contribution >= 0.6 is 11.9 Å². The fourth-order valence-electron chi connectivity index (χ4n) is 2.18. The first-order valence-corrected chi connectivity index (χ1v) is 7.85. The van der Waals surface area contributed by atoms with Crippen LogP contribution in [0.15, 0.2) is 46.2 Å². The molecule has 0 saturated heterocycles. The summed E-state index contributed by atoms with van der Waals surface area (Å²) < 4.78 is 80.1. The highest BCUT2D eigenvalue weighted by Gasteiger charge is 2.44. The standard InChI is InChI=1S/C15H13F6N3OS/c1-23-12(25)7-11(8-22-23)26-24(2)13(15(19,20)21)9-3-5-10(6-4-9)14(16,17)18/h3-8,13H,1-2H3. The van der Waals surface area contributed by atoms with E-state index in [1.807, 2.05) is 0 Å². The summed E-state index contributed by atoms with van der Waals surface area (Å²) in [7, 11) is 2.53. The van der Waals surface area contributed by atoms with Crippen molar-refractivity contribution in [3.8, 4) is 0 Å². The Morgan fingerprint density at radius 3 is 2.15 bits per heavy atom. The molecule has 0 bridgehead atoms. The van der Waals surface area contributed by atoms with E-state index in [-0.39, 0.29) is 10.5 Å². The normalized spacial score (nSPS) is 13.9. The van der Waals surface area contributed by atoms with Crippen LogP contribution in [0.25, 0.3) is 0 Å². The van der Waals surface area contributed by atoms with Crippen molar-refractivity contribution in [3.05, 3.63) is 58.0 Å². The van der Waals surface area contributed by atoms with Crippen molar-refractivity contribution >= 4 is 11.9 Å². The second kappa shape index (κ2) is 7.31. The topological polar surface area (TPSA) is 38.1 Å². The Balaban J connectivity index is 2.32. The minimum absolute atomic E-state index is 0.178. The van der Waals surface area contributed by atoms with Gasteiger partial charge in [-0.25, -0.2) is 8.99 Å². The molecule has 2 rings (SSSR count). The third kappa shape index (κ3) is 4.79. The van der Waals surface area contributed by atoms with Crippen LogP contribution in [0, 0.1) is 0 Å². The largest absolute Gasteiger partial charge is 0.416 e. The van der Waals surface area contributed by atoms with Gasteiger partial charge in [-0.15, -0.1) is 0 Å². The van der Waals surface area contributed by atoms with E-state index in [0.717, 1.165) is 34.2 Å². The van der Waals surface area contributed by atoms with Crippen LogP contribution in [0.1, 0.15) is 17.2 Å². The Hall–Kier alpha value is -2.01. The highest BCUT2D eigenvalue weighted by molar-refractivity contribution is 7.97. The highest BCUT2D eigenvalue weighted by Crippen LogP contribution is 2.42. The minimum Gasteiger partial charge on any atom is -0.268 e. The second-order valence-corrected chi connectivity index (χ2v) is 6.58. The van der Waals surface area contributed by atoms with Crippen LogP contribution in [0.4, 0.5) is 26.3 Å². The van der Waals surface area contributed by atoms with Gasteiger partial charge in [0.1, 0.15) is 6.04 Å². The third-order valence-electron chi connectivity index (χ3n) is 3.42. The van der Waals surface area contributed by atoms with Gasteiger partial charge in [0.25, 0.3) is 5.56 Å². The molecule has 0 aliphatic carbocycles. The molecule has 1 aromatic heterocycles. The van der Waals surface area contributed by atoms with Crippen molar-refractivity contribution in [1.29, 1.82) is 0 Å². The highest BCUT2D eigenvalue weighted by atomic mass is 32.2. The van der Waals surface area contributed by atoms with Gasteiger partial charge in [0.2, 0.25) is 0 Å². The SMILES string of the molecule is CN(Sc1cnn(C)c(=O)c1)C(c1ccc(C(F)(F)F)cc1)C(F)(F)F. The van der Waals surface area contributed by atoms with Gasteiger partial charge in [-0.05, 0) is 36.7 Å². The Morgan fingerprint density at radius 1 is 1.12 bits per heavy atom. The Kier molecular flexibility index (Phi) is 5.71. The number of hydrogen-bond acceptors (Lipinski definition) is 4. The second-order valence-electron chi connectivity index (χ2n) is 5.35. The van der Waals surface area contributed by atoms with Crippen LogP contribution in [-0.2, 0) is 13.2 Å². The van der Waals surface area contributed by atoms with Crippen LogP contribution in [0.5, 0.6) is 0 Å². The fraction of sp³-hybridized carbons (Fsp3) is 0.333. The van der Waals surface area contributed by atoms with Crippen LogP contribution in [0.3, 0.4) is 0 Å². The number of hydrogen-bond donors (Lipinski definition) is 0. The molecule has 4 nitrogen and oxygen atoms in total. The van der Waals surface area contributed by atoms with Gasteiger partial charge in [-0.1, -0.05) is 12.1 Å². The molecule has 0 aliphatic rings. The summed E-state index contributed by atoms with van der Waals surface area (Å²) in [5.74, 6) is 0. The molecule has 142 valence electrons. The predicted octanol–water partition coefficient (Wildman–Crippen LogP) is 4.04. The number of benzene rings is 1. The number of aromatic nitrogens is 2. The number of nitrogens with zero attached hydrogens (tertiary/aromatic N) is 3. The zero-order valence-electron chi connectivity index (χ0n) is 13.5. The number of halogens is 6. The molecule has 1 atom stereocenters. The maximum atomic E-state index is 13.5. The van der Waals surface area contributed by atoms with E-state index in [0.29, 0.717) is 24.1 Å². The van der Waals surface area contributed by atoms with E-state index in [9.17, 15) is 31.1 Å². The van der Waals surface area contributed by atoms with Gasteiger partial charge in [0, 0.05) is 18.0 Å². The first-order chi connectivity index (χ1) is 11.9. The van der Waals surface area contributed by atoms with Gasteiger partial charge in [0.15, 0.2) is 0 Å². The van der Waals surface area contributed by atoms with Crippen molar-refractivity contribution in [1.82, 2.24) is 14.1 Å². The zero-order valence-corrected chi connectivity index (χ0v) is 14.3. The van der Waals surface area contributed by atoms with Crippen molar-refractivity contribution in [2.45, 2.75) is 23.3 Å². The molecule has 0 radical (unpaired) electrons. The van der Waals surface area contributed by atoms with E-state index in [2.05, 4.69) is 5.10 Å². The molecular formula is C15H13F6N3OS. The lowest BCUT2D eigenvalue weighted by Gasteiger charge is -2.29. The summed E-state index contributed by atoms with van der Waals surface area (Å²) in [4.78, 5) is 11.7. The monoisotopic (exact) mass is 397 g/mol. The van der Waals surface area contributed by atoms with Gasteiger partial charge in [0.05, 0.1) is 11.8 Å². The third-order valence-corrected chi connectivity index (χ3v) is 4.35. The molecule has 0 spiro atoms. The zero-order chi connectivity index (χ0) is 19.7. The van der Waals surface area contributed by atoms with E-state index in [1.54, 1.807) is 0 Å². The molecule has 1 heterocycles. The van der Waals surface area contributed by atoms with E-state index >= 15 is 0 Å². The van der Waals surface area contributed by atoms with E-state index in [1.165, 1.54) is 13.2 Å². The van der Waals surface area contributed by atoms with E-state index in [4.69, 9.17) is 0 Å². The molecule has 26 heavy (non-hydrogen) atoms. The van der Waals surface area contributed by atoms with Crippen molar-refractivity contribution in [2.24, 2.45) is 7.05 Å². The Bertz CT molecular complexity index is 816. The van der Waals surface area contributed by atoms with Gasteiger partial charge in [-0.2, -0.15) is 31.4 Å². The molecule has 1 unspecified atom stereocenters. The molecule has 0 fully saturated rings. The first-order valence-electron chi connectivity index (χ1n) is 7.07. The lowest BCUT2D eigenvalue weighted by molar-refractivity contribution is -0.169. The first kappa shape index (κ1) is 20.3. The average molecular weight is 397 g/mol. The van der Waals surface area contributed by atoms with Crippen molar-refractivity contribution in [3.63, 3.8) is 0 Å². The number of rotatable bonds is 4. The van der Waals surface area contributed by atoms with Crippen LogP contribution in [0.2, 0.25) is 0 Å². The minimum atomic E-state index is -4.74. The number of aryl methyl sites for hydroxylation is 1. The molecule has 0 aliphatic heterocycles. The Morgan fingerprint density at radius 2 is 1.69 bits per heavy atom. The smallest absolute Gasteiger partial charge is 0.268 e. The number of alkyl halides is 6. The van der Waals surface area contributed by atoms with Crippen molar-refractivity contribution < 1.29 is 26.3 Å². The lowest BCUT2D eigenvalue weighted by Crippen LogP contribution is -2.32. The summed E-state index contributed by atoms with van der Waals surface area (Å²) in [6.45, 7) is 0. The predicted molar refractivity (Wildman–Crippen MR) is 83.3 cm³/mol. The van der Waals surface area contributed by atoms with E-state index < -0.39 is 29.5 Å². The Labute approximate surface area is 148 Å². The quantitative estimate of drug-likeness (QED) is 0.577. The average Bonchev–Trinajstić information content (AvgIpc) is 2.49. The molecule has 0 N–H and O–H groups in total. The molecular weight excluding hydrogens is 384 g/mol. The molecule has 2 aromatic rings. The van der Waals surface area contributed by atoms with Crippen LogP contribution < -0.4 is 5.56 Å². The molecule has 11 heteroatoms. The lowest BCUT2D eigenvalue weighted by atomic mass is 10.0. The summed E-state index contributed by atoms with van der Waals surface area (Å²) in [5.41, 5.74) is -1.88. The fourth-order valence-corrected chi connectivity index (χ4v) is 3.11.